The van der Waals surface area contributed by atoms with E-state index in [0.29, 0.717) is 33.8 Å². The summed E-state index contributed by atoms with van der Waals surface area (Å²) >= 11 is 0. The lowest BCUT2D eigenvalue weighted by Crippen LogP contribution is -2.39. The minimum Gasteiger partial charge on any atom is -0.415 e. The molecule has 0 aliphatic carbocycles. The van der Waals surface area contributed by atoms with Gasteiger partial charge in [-0.2, -0.15) is 4.31 Å². The van der Waals surface area contributed by atoms with Crippen LogP contribution in [0.15, 0.2) is 70.1 Å². The van der Waals surface area contributed by atoms with E-state index < -0.39 is 10.8 Å². The molecule has 1 atom stereocenters. The Morgan fingerprint density at radius 2 is 1.68 bits per heavy atom. The van der Waals surface area contributed by atoms with Crippen molar-refractivity contribution in [3.8, 4) is 34.3 Å². The van der Waals surface area contributed by atoms with Crippen molar-refractivity contribution in [2.75, 3.05) is 13.1 Å². The zero-order chi connectivity index (χ0) is 21.4. The van der Waals surface area contributed by atoms with E-state index in [2.05, 4.69) is 15.2 Å². The lowest BCUT2D eigenvalue weighted by Gasteiger charge is -2.43. The summed E-state index contributed by atoms with van der Waals surface area (Å²) in [5.41, 5.74) is 3.54. The number of benzene rings is 2. The van der Waals surface area contributed by atoms with Gasteiger partial charge in [-0.3, -0.25) is 4.98 Å². The van der Waals surface area contributed by atoms with Gasteiger partial charge in [-0.25, -0.2) is 9.54 Å². The molecule has 1 aliphatic heterocycles. The normalized spacial score (nSPS) is 17.0. The van der Waals surface area contributed by atoms with Gasteiger partial charge in [-0.15, -0.1) is 10.2 Å². The molecular weight excluding hydrogens is 414 g/mol. The standard InChI is InChI=1S/C22H21N5O3S/c1-15-20(22-26-25-21(30-22)17-6-3-2-4-7-17)24-19(14-23-15)16-8-10-18(11-9-16)31(28,29)27-12-5-13-27/h2-4,6-11,14,28-29H,5,12-13H2,1H3/p+1. The Bertz CT molecular complexity index is 1210. The number of aryl methyl sites for hydroxylation is 1. The van der Waals surface area contributed by atoms with Crippen LogP contribution in [-0.4, -0.2) is 46.7 Å². The minimum absolute atomic E-state index is 0.310. The molecule has 2 aromatic heterocycles. The Hall–Kier alpha value is -3.11. The largest absolute Gasteiger partial charge is 0.415 e. The number of aromatic nitrogens is 4. The van der Waals surface area contributed by atoms with Gasteiger partial charge in [0.05, 0.1) is 17.6 Å². The maximum Gasteiger partial charge on any atom is 0.268 e. The van der Waals surface area contributed by atoms with E-state index in [0.717, 1.165) is 30.6 Å². The summed E-state index contributed by atoms with van der Waals surface area (Å²) in [5, 5.41) is 8.30. The molecule has 0 bridgehead atoms. The highest BCUT2D eigenvalue weighted by Crippen LogP contribution is 2.53. The van der Waals surface area contributed by atoms with E-state index in [1.807, 2.05) is 53.7 Å². The van der Waals surface area contributed by atoms with Crippen molar-refractivity contribution in [3.63, 3.8) is 0 Å². The first-order chi connectivity index (χ1) is 15.0. The molecule has 5 rings (SSSR count). The van der Waals surface area contributed by atoms with Crippen LogP contribution < -0.4 is 0 Å². The van der Waals surface area contributed by atoms with Crippen molar-refractivity contribution >= 4 is 10.8 Å². The van der Waals surface area contributed by atoms with Crippen molar-refractivity contribution in [2.24, 2.45) is 0 Å². The third-order valence-electron chi connectivity index (χ3n) is 5.27. The zero-order valence-corrected chi connectivity index (χ0v) is 17.7. The fourth-order valence-electron chi connectivity index (χ4n) is 3.32. The molecular formula is C22H22N5O3S+. The summed E-state index contributed by atoms with van der Waals surface area (Å²) in [6.45, 7) is 3.37. The average molecular weight is 437 g/mol. The number of hydrogen-bond acceptors (Lipinski definition) is 7. The van der Waals surface area contributed by atoms with Crippen LogP contribution in [0.25, 0.3) is 34.3 Å². The molecule has 1 aliphatic rings. The van der Waals surface area contributed by atoms with Gasteiger partial charge in [0.25, 0.3) is 5.89 Å². The van der Waals surface area contributed by atoms with E-state index in [1.54, 1.807) is 18.3 Å². The highest BCUT2D eigenvalue weighted by atomic mass is 32.3. The van der Waals surface area contributed by atoms with Gasteiger partial charge in [0.1, 0.15) is 10.6 Å². The second kappa shape index (κ2) is 7.86. The molecule has 0 saturated carbocycles. The second-order valence-electron chi connectivity index (χ2n) is 7.32. The van der Waals surface area contributed by atoms with Crippen LogP contribution >= 0.6 is 10.8 Å². The quantitative estimate of drug-likeness (QED) is 0.470. The molecule has 3 N–H and O–H groups in total. The van der Waals surface area contributed by atoms with Gasteiger partial charge >= 0.3 is 0 Å². The summed E-state index contributed by atoms with van der Waals surface area (Å²) in [4.78, 5) is 9.77. The molecule has 2 aromatic carbocycles. The van der Waals surface area contributed by atoms with Crippen molar-refractivity contribution in [1.29, 1.82) is 0 Å². The van der Waals surface area contributed by atoms with Crippen molar-refractivity contribution < 1.29 is 13.5 Å². The summed E-state index contributed by atoms with van der Waals surface area (Å²) in [6, 6.07) is 16.9. The van der Waals surface area contributed by atoms with Crippen LogP contribution in [0.3, 0.4) is 0 Å². The fraction of sp³-hybridized carbons (Fsp3) is 0.182. The van der Waals surface area contributed by atoms with E-state index in [9.17, 15) is 4.55 Å². The number of hydrogen-bond donors (Lipinski definition) is 1. The van der Waals surface area contributed by atoms with Gasteiger partial charge in [-0.05, 0) is 48.4 Å². The Morgan fingerprint density at radius 3 is 2.35 bits per heavy atom. The van der Waals surface area contributed by atoms with Gasteiger partial charge in [-0.1, -0.05) is 30.3 Å². The molecule has 1 unspecified atom stereocenters. The SMILES string of the molecule is Cc1ncc(-c2ccc(S(O)([OH2+])N3CCC3)cc2)nc1-c1nnc(-c2ccccc2)o1. The van der Waals surface area contributed by atoms with Crippen LogP contribution in [0.1, 0.15) is 12.1 Å². The summed E-state index contributed by atoms with van der Waals surface area (Å²) < 4.78 is 26.6. The van der Waals surface area contributed by atoms with Gasteiger partial charge in [0.15, 0.2) is 0 Å². The van der Waals surface area contributed by atoms with E-state index >= 15 is 0 Å². The lowest BCUT2D eigenvalue weighted by atomic mass is 10.1. The van der Waals surface area contributed by atoms with Gasteiger partial charge in [0, 0.05) is 24.2 Å². The number of nitrogens with zero attached hydrogens (tertiary/aromatic N) is 5. The van der Waals surface area contributed by atoms with E-state index in [4.69, 9.17) is 14.0 Å². The Kier molecular flexibility index (Phi) is 5.03. The second-order valence-corrected chi connectivity index (χ2v) is 9.41. The van der Waals surface area contributed by atoms with Gasteiger partial charge in [0.2, 0.25) is 5.89 Å². The molecule has 1 saturated heterocycles. The monoisotopic (exact) mass is 436 g/mol. The minimum atomic E-state index is -2.67. The topological polar surface area (TPSA) is 111 Å². The highest BCUT2D eigenvalue weighted by Gasteiger charge is 2.33. The van der Waals surface area contributed by atoms with Crippen LogP contribution in [-0.2, 0) is 0 Å². The maximum absolute atomic E-state index is 10.6. The molecule has 4 aromatic rings. The first-order valence-electron chi connectivity index (χ1n) is 9.91. The fourth-order valence-corrected chi connectivity index (χ4v) is 4.92. The predicted octanol–water partition coefficient (Wildman–Crippen LogP) is 4.07. The smallest absolute Gasteiger partial charge is 0.268 e. The molecule has 0 radical (unpaired) electrons. The number of rotatable bonds is 5. The van der Waals surface area contributed by atoms with E-state index in [1.165, 1.54) is 0 Å². The molecule has 31 heavy (non-hydrogen) atoms. The van der Waals surface area contributed by atoms with Crippen molar-refractivity contribution in [1.82, 2.24) is 24.5 Å². The maximum atomic E-state index is 10.6. The third kappa shape index (κ3) is 3.72. The molecule has 9 heteroatoms. The molecule has 1 fully saturated rings. The molecule has 3 heterocycles. The molecule has 8 nitrogen and oxygen atoms in total. The van der Waals surface area contributed by atoms with Crippen LogP contribution in [0.2, 0.25) is 0 Å². The van der Waals surface area contributed by atoms with E-state index in [-0.39, 0.29) is 0 Å². The van der Waals surface area contributed by atoms with Crippen molar-refractivity contribution in [2.45, 2.75) is 18.2 Å². The predicted molar refractivity (Wildman–Crippen MR) is 119 cm³/mol. The molecule has 158 valence electrons. The summed E-state index contributed by atoms with van der Waals surface area (Å²) in [5.74, 6) is 0.736. The first-order valence-corrected chi connectivity index (χ1v) is 11.5. The first kappa shape index (κ1) is 19.8. The lowest BCUT2D eigenvalue weighted by molar-refractivity contribution is 0.270. The average Bonchev–Trinajstić information content (AvgIpc) is 3.23. The van der Waals surface area contributed by atoms with Crippen molar-refractivity contribution in [3.05, 3.63) is 66.5 Å². The molecule has 0 spiro atoms. The Morgan fingerprint density at radius 1 is 0.968 bits per heavy atom. The highest BCUT2D eigenvalue weighted by molar-refractivity contribution is 8.22. The Balaban J connectivity index is 1.44. The van der Waals surface area contributed by atoms with Crippen LogP contribution in [0, 0.1) is 6.92 Å². The van der Waals surface area contributed by atoms with Crippen LogP contribution in [0.5, 0.6) is 0 Å². The van der Waals surface area contributed by atoms with Crippen LogP contribution in [0.4, 0.5) is 0 Å². The van der Waals surface area contributed by atoms with Gasteiger partial charge < -0.3 is 8.97 Å². The third-order valence-corrected chi connectivity index (χ3v) is 7.31. The Labute approximate surface area is 181 Å². The summed E-state index contributed by atoms with van der Waals surface area (Å²) in [7, 11) is -2.67. The molecule has 0 amide bonds. The summed E-state index contributed by atoms with van der Waals surface area (Å²) in [6.07, 6.45) is 2.72. The zero-order valence-electron chi connectivity index (χ0n) is 16.9.